The van der Waals surface area contributed by atoms with Gasteiger partial charge in [0.15, 0.2) is 11.6 Å². The van der Waals surface area contributed by atoms with E-state index in [0.717, 1.165) is 29.0 Å². The molecule has 0 aliphatic carbocycles. The predicted molar refractivity (Wildman–Crippen MR) is 91.6 cm³/mol. The van der Waals surface area contributed by atoms with E-state index in [2.05, 4.69) is 4.98 Å². The summed E-state index contributed by atoms with van der Waals surface area (Å²) >= 11 is 1.55. The topological polar surface area (TPSA) is 22.1 Å². The monoisotopic (exact) mass is 345 g/mol. The lowest BCUT2D eigenvalue weighted by Gasteiger charge is -2.17. The molecule has 0 radical (unpaired) electrons. The molecule has 0 saturated heterocycles. The zero-order valence-electron chi connectivity index (χ0n) is 13.2. The van der Waals surface area contributed by atoms with E-state index in [1.165, 1.54) is 12.1 Å². The Hall–Kier alpha value is -2.27. The summed E-state index contributed by atoms with van der Waals surface area (Å²) in [4.78, 5) is 4.35. The first kappa shape index (κ1) is 16.6. The highest BCUT2D eigenvalue weighted by molar-refractivity contribution is 7.07. The Labute approximate surface area is 143 Å². The average Bonchev–Trinajstić information content (AvgIpc) is 3.11. The van der Waals surface area contributed by atoms with Gasteiger partial charge in [-0.3, -0.25) is 0 Å². The second kappa shape index (κ2) is 7.53. The van der Waals surface area contributed by atoms with Gasteiger partial charge in [-0.05, 0) is 54.2 Å². The van der Waals surface area contributed by atoms with Crippen molar-refractivity contribution in [3.05, 3.63) is 81.8 Å². The molecule has 1 aromatic heterocycles. The molecule has 0 N–H and O–H groups in total. The van der Waals surface area contributed by atoms with Crippen molar-refractivity contribution in [2.45, 2.75) is 18.8 Å². The van der Waals surface area contributed by atoms with Gasteiger partial charge in [0, 0.05) is 5.38 Å². The predicted octanol–water partition coefficient (Wildman–Crippen LogP) is 5.00. The molecule has 3 aromatic rings. The Kier molecular flexibility index (Phi) is 5.20. The fourth-order valence-electron chi connectivity index (χ4n) is 2.73. The van der Waals surface area contributed by atoms with Gasteiger partial charge in [0.1, 0.15) is 5.75 Å². The van der Waals surface area contributed by atoms with Crippen LogP contribution in [0.4, 0.5) is 8.78 Å². The molecule has 0 saturated carbocycles. The fourth-order valence-corrected chi connectivity index (χ4v) is 3.30. The van der Waals surface area contributed by atoms with Crippen LogP contribution < -0.4 is 4.74 Å². The zero-order chi connectivity index (χ0) is 16.9. The molecule has 3 rings (SSSR count). The molecule has 0 fully saturated rings. The Morgan fingerprint density at radius 1 is 1.04 bits per heavy atom. The number of nitrogens with zero attached hydrogens (tertiary/aromatic N) is 1. The molecule has 2 nitrogen and oxygen atoms in total. The summed E-state index contributed by atoms with van der Waals surface area (Å²) in [6, 6.07) is 11.9. The van der Waals surface area contributed by atoms with Gasteiger partial charge >= 0.3 is 0 Å². The summed E-state index contributed by atoms with van der Waals surface area (Å²) in [5, 5.41) is 2.02. The van der Waals surface area contributed by atoms with E-state index in [9.17, 15) is 8.78 Å². The first-order valence-electron chi connectivity index (χ1n) is 7.60. The first-order valence-corrected chi connectivity index (χ1v) is 8.55. The minimum Gasteiger partial charge on any atom is -0.497 e. The maximum atomic E-state index is 13.5. The minimum absolute atomic E-state index is 0.128. The van der Waals surface area contributed by atoms with Crippen molar-refractivity contribution in [2.24, 2.45) is 0 Å². The van der Waals surface area contributed by atoms with Crippen LogP contribution in [-0.2, 0) is 12.8 Å². The summed E-state index contributed by atoms with van der Waals surface area (Å²) in [7, 11) is 1.63. The van der Waals surface area contributed by atoms with Gasteiger partial charge in [-0.15, -0.1) is 11.3 Å². The van der Waals surface area contributed by atoms with Gasteiger partial charge in [0.05, 0.1) is 18.3 Å². The normalized spacial score (nSPS) is 12.1. The number of ether oxygens (including phenoxy) is 1. The second-order valence-electron chi connectivity index (χ2n) is 5.61. The van der Waals surface area contributed by atoms with E-state index < -0.39 is 11.6 Å². The SMILES string of the molecule is COc1ccc(C(Cc2ccc(F)c(F)c2)Cc2cscn2)cc1. The summed E-state index contributed by atoms with van der Waals surface area (Å²) in [6.07, 6.45) is 1.36. The maximum absolute atomic E-state index is 13.5. The maximum Gasteiger partial charge on any atom is 0.159 e. The van der Waals surface area contributed by atoms with Crippen LogP contribution in [0, 0.1) is 11.6 Å². The highest BCUT2D eigenvalue weighted by Crippen LogP contribution is 2.27. The van der Waals surface area contributed by atoms with Crippen LogP contribution in [-0.4, -0.2) is 12.1 Å². The fraction of sp³-hybridized carbons (Fsp3) is 0.211. The Balaban J connectivity index is 1.86. The molecule has 0 spiro atoms. The molecule has 124 valence electrons. The summed E-state index contributed by atoms with van der Waals surface area (Å²) in [6.45, 7) is 0. The Morgan fingerprint density at radius 2 is 1.83 bits per heavy atom. The average molecular weight is 345 g/mol. The summed E-state index contributed by atoms with van der Waals surface area (Å²) in [5.74, 6) is -0.712. The van der Waals surface area contributed by atoms with Crippen molar-refractivity contribution in [3.63, 3.8) is 0 Å². The molecular weight excluding hydrogens is 328 g/mol. The van der Waals surface area contributed by atoms with Crippen molar-refractivity contribution in [3.8, 4) is 5.75 Å². The number of benzene rings is 2. The lowest BCUT2D eigenvalue weighted by atomic mass is 9.88. The molecule has 0 aliphatic heterocycles. The lowest BCUT2D eigenvalue weighted by Crippen LogP contribution is -2.08. The molecule has 1 atom stereocenters. The van der Waals surface area contributed by atoms with Crippen LogP contribution in [0.15, 0.2) is 53.4 Å². The summed E-state index contributed by atoms with van der Waals surface area (Å²) in [5.41, 5.74) is 4.69. The lowest BCUT2D eigenvalue weighted by molar-refractivity contribution is 0.414. The van der Waals surface area contributed by atoms with E-state index in [4.69, 9.17) is 4.74 Å². The quantitative estimate of drug-likeness (QED) is 0.627. The van der Waals surface area contributed by atoms with Gasteiger partial charge in [0.2, 0.25) is 0 Å². The van der Waals surface area contributed by atoms with Crippen LogP contribution in [0.25, 0.3) is 0 Å². The number of thiazole rings is 1. The van der Waals surface area contributed by atoms with Crippen LogP contribution in [0.1, 0.15) is 22.7 Å². The van der Waals surface area contributed by atoms with Gasteiger partial charge < -0.3 is 4.74 Å². The standard InChI is InChI=1S/C19H17F2NOS/c1-23-17-5-3-14(4-6-17)15(10-16-11-24-12-22-16)8-13-2-7-18(20)19(21)9-13/h2-7,9,11-12,15H,8,10H2,1H3. The molecule has 1 unspecified atom stereocenters. The third-order valence-corrected chi connectivity index (χ3v) is 4.63. The third-order valence-electron chi connectivity index (χ3n) is 3.99. The molecular formula is C19H17F2NOS. The van der Waals surface area contributed by atoms with Crippen molar-refractivity contribution in [1.82, 2.24) is 4.98 Å². The molecule has 2 aromatic carbocycles. The highest BCUT2D eigenvalue weighted by Gasteiger charge is 2.16. The van der Waals surface area contributed by atoms with Crippen LogP contribution in [0.5, 0.6) is 5.75 Å². The van der Waals surface area contributed by atoms with Crippen LogP contribution in [0.2, 0.25) is 0 Å². The minimum atomic E-state index is -0.820. The van der Waals surface area contributed by atoms with Crippen molar-refractivity contribution in [1.29, 1.82) is 0 Å². The molecule has 5 heteroatoms. The molecule has 1 heterocycles. The van der Waals surface area contributed by atoms with Crippen molar-refractivity contribution in [2.75, 3.05) is 7.11 Å². The van der Waals surface area contributed by atoms with Gasteiger partial charge in [0.25, 0.3) is 0 Å². The Bertz CT molecular complexity index is 788. The van der Waals surface area contributed by atoms with Gasteiger partial charge in [-0.1, -0.05) is 18.2 Å². The van der Waals surface area contributed by atoms with E-state index >= 15 is 0 Å². The number of aromatic nitrogens is 1. The number of halogens is 2. The second-order valence-corrected chi connectivity index (χ2v) is 6.33. The van der Waals surface area contributed by atoms with Crippen molar-refractivity contribution < 1.29 is 13.5 Å². The number of rotatable bonds is 6. The highest BCUT2D eigenvalue weighted by atomic mass is 32.1. The zero-order valence-corrected chi connectivity index (χ0v) is 14.0. The molecule has 0 bridgehead atoms. The van der Waals surface area contributed by atoms with Crippen LogP contribution in [0.3, 0.4) is 0 Å². The Morgan fingerprint density at radius 3 is 2.46 bits per heavy atom. The first-order chi connectivity index (χ1) is 11.7. The van der Waals surface area contributed by atoms with E-state index in [-0.39, 0.29) is 5.92 Å². The third kappa shape index (κ3) is 3.97. The van der Waals surface area contributed by atoms with Gasteiger partial charge in [-0.25, -0.2) is 13.8 Å². The largest absolute Gasteiger partial charge is 0.497 e. The van der Waals surface area contributed by atoms with E-state index in [1.807, 2.05) is 29.6 Å². The van der Waals surface area contributed by atoms with Gasteiger partial charge in [-0.2, -0.15) is 0 Å². The number of hydrogen-bond acceptors (Lipinski definition) is 3. The number of methoxy groups -OCH3 is 1. The van der Waals surface area contributed by atoms with Crippen LogP contribution >= 0.6 is 11.3 Å². The smallest absolute Gasteiger partial charge is 0.159 e. The molecule has 0 aliphatic rings. The summed E-state index contributed by atoms with van der Waals surface area (Å²) < 4.78 is 31.9. The molecule has 0 amide bonds. The van der Waals surface area contributed by atoms with Crippen molar-refractivity contribution >= 4 is 11.3 Å². The van der Waals surface area contributed by atoms with E-state index in [1.54, 1.807) is 30.0 Å². The van der Waals surface area contributed by atoms with E-state index in [0.29, 0.717) is 6.42 Å². The number of hydrogen-bond donors (Lipinski definition) is 0. The molecule has 24 heavy (non-hydrogen) atoms.